The Balaban J connectivity index is 2.01. The van der Waals surface area contributed by atoms with Crippen LogP contribution in [0.1, 0.15) is 56.3 Å². The van der Waals surface area contributed by atoms with E-state index in [1.54, 1.807) is 12.1 Å². The largest absolute Gasteiger partial charge is 0.478 e. The second-order valence-corrected chi connectivity index (χ2v) is 6.91. The number of benzene rings is 1. The van der Waals surface area contributed by atoms with Crippen molar-refractivity contribution in [2.24, 2.45) is 11.8 Å². The third-order valence-electron chi connectivity index (χ3n) is 4.16. The Morgan fingerprint density at radius 1 is 1.43 bits per heavy atom. The highest BCUT2D eigenvalue weighted by Crippen LogP contribution is 2.31. The molecule has 0 bridgehead atoms. The first-order valence-corrected chi connectivity index (χ1v) is 8.13. The standard InChI is InChI=1S/C17H24ClNO2/c1-11(2)8-12-4-3-5-13(9-12)19-14-6-7-16(18)15(10-14)17(20)21/h6-7,10-13,19H,3-5,8-9H2,1-2H3,(H,20,21). The van der Waals surface area contributed by atoms with Gasteiger partial charge in [-0.05, 0) is 49.3 Å². The zero-order valence-electron chi connectivity index (χ0n) is 12.7. The summed E-state index contributed by atoms with van der Waals surface area (Å²) in [5, 5.41) is 12.9. The first-order valence-electron chi connectivity index (χ1n) is 7.75. The summed E-state index contributed by atoms with van der Waals surface area (Å²) in [6.07, 6.45) is 6.16. The monoisotopic (exact) mass is 309 g/mol. The average Bonchev–Trinajstić information content (AvgIpc) is 2.40. The summed E-state index contributed by atoms with van der Waals surface area (Å²) >= 11 is 5.91. The molecule has 1 aliphatic rings. The van der Waals surface area contributed by atoms with Crippen molar-refractivity contribution >= 4 is 23.3 Å². The van der Waals surface area contributed by atoms with Crippen molar-refractivity contribution in [3.8, 4) is 0 Å². The van der Waals surface area contributed by atoms with E-state index in [9.17, 15) is 4.79 Å². The minimum absolute atomic E-state index is 0.163. The Hall–Kier alpha value is -1.22. The fourth-order valence-corrected chi connectivity index (χ4v) is 3.52. The predicted octanol–water partition coefficient (Wildman–Crippen LogP) is 5.06. The van der Waals surface area contributed by atoms with Gasteiger partial charge in [0.1, 0.15) is 0 Å². The van der Waals surface area contributed by atoms with E-state index in [-0.39, 0.29) is 10.6 Å². The van der Waals surface area contributed by atoms with Crippen LogP contribution in [0.25, 0.3) is 0 Å². The molecule has 0 spiro atoms. The van der Waals surface area contributed by atoms with Crippen LogP contribution in [-0.4, -0.2) is 17.1 Å². The van der Waals surface area contributed by atoms with Crippen LogP contribution in [0.2, 0.25) is 5.02 Å². The van der Waals surface area contributed by atoms with Gasteiger partial charge < -0.3 is 10.4 Å². The van der Waals surface area contributed by atoms with Gasteiger partial charge in [0.15, 0.2) is 0 Å². The number of carbonyl (C=O) groups is 1. The third-order valence-corrected chi connectivity index (χ3v) is 4.48. The van der Waals surface area contributed by atoms with Gasteiger partial charge in [-0.3, -0.25) is 0 Å². The Morgan fingerprint density at radius 2 is 2.19 bits per heavy atom. The second-order valence-electron chi connectivity index (χ2n) is 6.50. The first kappa shape index (κ1) is 16.2. The molecule has 1 saturated carbocycles. The molecule has 0 aromatic heterocycles. The van der Waals surface area contributed by atoms with Crippen molar-refractivity contribution in [1.29, 1.82) is 0 Å². The van der Waals surface area contributed by atoms with E-state index in [2.05, 4.69) is 19.2 Å². The molecular weight excluding hydrogens is 286 g/mol. The van der Waals surface area contributed by atoms with Gasteiger partial charge in [0, 0.05) is 11.7 Å². The summed E-state index contributed by atoms with van der Waals surface area (Å²) in [7, 11) is 0. The lowest BCUT2D eigenvalue weighted by Gasteiger charge is -2.31. The first-order chi connectivity index (χ1) is 9.95. The van der Waals surface area contributed by atoms with E-state index in [0.29, 0.717) is 6.04 Å². The van der Waals surface area contributed by atoms with Crippen LogP contribution in [0.3, 0.4) is 0 Å². The number of rotatable bonds is 5. The number of nitrogens with one attached hydrogen (secondary N) is 1. The highest BCUT2D eigenvalue weighted by atomic mass is 35.5. The molecule has 0 aliphatic heterocycles. The summed E-state index contributed by atoms with van der Waals surface area (Å²) in [6, 6.07) is 5.59. The van der Waals surface area contributed by atoms with Crippen LogP contribution in [0.5, 0.6) is 0 Å². The number of anilines is 1. The van der Waals surface area contributed by atoms with E-state index >= 15 is 0 Å². The highest BCUT2D eigenvalue weighted by molar-refractivity contribution is 6.33. The highest BCUT2D eigenvalue weighted by Gasteiger charge is 2.22. The zero-order valence-corrected chi connectivity index (χ0v) is 13.5. The maximum atomic E-state index is 11.1. The molecule has 1 aliphatic carbocycles. The van der Waals surface area contributed by atoms with Gasteiger partial charge in [-0.15, -0.1) is 0 Å². The Labute approximate surface area is 131 Å². The molecule has 2 rings (SSSR count). The molecule has 116 valence electrons. The normalized spacial score (nSPS) is 22.3. The molecule has 2 unspecified atom stereocenters. The third kappa shape index (κ3) is 4.63. The smallest absolute Gasteiger partial charge is 0.337 e. The van der Waals surface area contributed by atoms with Gasteiger partial charge in [0.25, 0.3) is 0 Å². The topological polar surface area (TPSA) is 49.3 Å². The van der Waals surface area contributed by atoms with Crippen molar-refractivity contribution in [2.45, 2.75) is 52.0 Å². The van der Waals surface area contributed by atoms with E-state index in [1.165, 1.54) is 25.7 Å². The molecule has 4 heteroatoms. The number of hydrogen-bond donors (Lipinski definition) is 2. The number of hydrogen-bond acceptors (Lipinski definition) is 2. The quantitative estimate of drug-likeness (QED) is 0.799. The van der Waals surface area contributed by atoms with Crippen LogP contribution in [0.15, 0.2) is 18.2 Å². The van der Waals surface area contributed by atoms with Crippen molar-refractivity contribution in [3.63, 3.8) is 0 Å². The summed E-state index contributed by atoms with van der Waals surface area (Å²) in [4.78, 5) is 11.1. The maximum absolute atomic E-state index is 11.1. The lowest BCUT2D eigenvalue weighted by atomic mass is 9.81. The summed E-state index contributed by atoms with van der Waals surface area (Å²) < 4.78 is 0. The second kappa shape index (κ2) is 7.17. The molecule has 0 radical (unpaired) electrons. The molecule has 1 aromatic rings. The van der Waals surface area contributed by atoms with Crippen LogP contribution in [-0.2, 0) is 0 Å². The lowest BCUT2D eigenvalue weighted by Crippen LogP contribution is -2.28. The van der Waals surface area contributed by atoms with Crippen LogP contribution >= 0.6 is 11.6 Å². The van der Waals surface area contributed by atoms with Crippen LogP contribution in [0, 0.1) is 11.8 Å². The molecule has 3 nitrogen and oxygen atoms in total. The minimum Gasteiger partial charge on any atom is -0.478 e. The number of carboxylic acids is 1. The lowest BCUT2D eigenvalue weighted by molar-refractivity contribution is 0.0697. The van der Waals surface area contributed by atoms with Gasteiger partial charge >= 0.3 is 5.97 Å². The average molecular weight is 310 g/mol. The molecule has 0 saturated heterocycles. The zero-order chi connectivity index (χ0) is 15.4. The number of halogens is 1. The fourth-order valence-electron chi connectivity index (χ4n) is 3.32. The molecule has 2 N–H and O–H groups in total. The Bertz CT molecular complexity index is 502. The molecule has 1 fully saturated rings. The van der Waals surface area contributed by atoms with E-state index in [4.69, 9.17) is 16.7 Å². The van der Waals surface area contributed by atoms with Crippen molar-refractivity contribution < 1.29 is 9.90 Å². The summed E-state index contributed by atoms with van der Waals surface area (Å²) in [5.74, 6) is 0.537. The fraction of sp³-hybridized carbons (Fsp3) is 0.588. The molecular formula is C17H24ClNO2. The van der Waals surface area contributed by atoms with Gasteiger partial charge in [0.2, 0.25) is 0 Å². The van der Waals surface area contributed by atoms with Crippen molar-refractivity contribution in [1.82, 2.24) is 0 Å². The SMILES string of the molecule is CC(C)CC1CCCC(Nc2ccc(Cl)c(C(=O)O)c2)C1. The minimum atomic E-state index is -0.982. The van der Waals surface area contributed by atoms with Crippen molar-refractivity contribution in [3.05, 3.63) is 28.8 Å². The van der Waals surface area contributed by atoms with Crippen LogP contribution in [0.4, 0.5) is 5.69 Å². The van der Waals surface area contributed by atoms with Gasteiger partial charge in [-0.1, -0.05) is 38.3 Å². The molecule has 1 aromatic carbocycles. The molecule has 21 heavy (non-hydrogen) atoms. The van der Waals surface area contributed by atoms with E-state index in [0.717, 1.165) is 23.9 Å². The van der Waals surface area contributed by atoms with Gasteiger partial charge in [-0.25, -0.2) is 4.79 Å². The van der Waals surface area contributed by atoms with Gasteiger partial charge in [0.05, 0.1) is 10.6 Å². The summed E-state index contributed by atoms with van der Waals surface area (Å²) in [5.41, 5.74) is 1.02. The predicted molar refractivity (Wildman–Crippen MR) is 87.2 cm³/mol. The van der Waals surface area contributed by atoms with E-state index in [1.807, 2.05) is 6.07 Å². The van der Waals surface area contributed by atoms with Gasteiger partial charge in [-0.2, -0.15) is 0 Å². The Morgan fingerprint density at radius 3 is 2.86 bits per heavy atom. The number of carboxylic acid groups (broad SMARTS) is 1. The molecule has 0 heterocycles. The van der Waals surface area contributed by atoms with E-state index < -0.39 is 5.97 Å². The van der Waals surface area contributed by atoms with Crippen LogP contribution < -0.4 is 5.32 Å². The molecule has 0 amide bonds. The summed E-state index contributed by atoms with van der Waals surface area (Å²) in [6.45, 7) is 4.55. The number of aromatic carboxylic acids is 1. The maximum Gasteiger partial charge on any atom is 0.337 e. The Kier molecular flexibility index (Phi) is 5.51. The van der Waals surface area contributed by atoms with Crippen molar-refractivity contribution in [2.75, 3.05) is 5.32 Å². The molecule has 2 atom stereocenters.